The first kappa shape index (κ1) is 18.3. The number of nitrogens with zero attached hydrogens (tertiary/aromatic N) is 2. The number of rotatable bonds is 5. The van der Waals surface area contributed by atoms with Crippen molar-refractivity contribution in [2.75, 3.05) is 13.1 Å². The summed E-state index contributed by atoms with van der Waals surface area (Å²) in [4.78, 5) is 19.6. The molecule has 1 unspecified atom stereocenters. The van der Waals surface area contributed by atoms with E-state index >= 15 is 0 Å². The van der Waals surface area contributed by atoms with Gasteiger partial charge >= 0.3 is 0 Å². The highest BCUT2D eigenvalue weighted by Crippen LogP contribution is 2.59. The molecule has 5 rings (SSSR count). The van der Waals surface area contributed by atoms with Gasteiger partial charge in [-0.25, -0.2) is 0 Å². The number of benzene rings is 2. The molecule has 2 aliphatic rings. The van der Waals surface area contributed by atoms with Crippen LogP contribution in [-0.2, 0) is 17.9 Å². The fourth-order valence-corrected chi connectivity index (χ4v) is 4.87. The summed E-state index contributed by atoms with van der Waals surface area (Å²) in [6, 6.07) is 20.7. The lowest BCUT2D eigenvalue weighted by atomic mass is 9.90. The Bertz CT molecular complexity index is 1000. The lowest BCUT2D eigenvalue weighted by Gasteiger charge is -2.33. The van der Waals surface area contributed by atoms with Crippen LogP contribution in [0.4, 0.5) is 0 Å². The number of fused-ring (bicyclic) bond motifs is 1. The van der Waals surface area contributed by atoms with Crippen LogP contribution in [0.3, 0.4) is 0 Å². The van der Waals surface area contributed by atoms with Gasteiger partial charge in [0, 0.05) is 30.6 Å². The molecule has 1 spiro atoms. The molecule has 2 aromatic carbocycles. The Morgan fingerprint density at radius 3 is 2.62 bits per heavy atom. The van der Waals surface area contributed by atoms with E-state index in [1.165, 1.54) is 10.9 Å². The van der Waals surface area contributed by atoms with Crippen molar-refractivity contribution in [3.05, 3.63) is 78.0 Å². The topological polar surface area (TPSA) is 45.2 Å². The van der Waals surface area contributed by atoms with Crippen molar-refractivity contribution in [1.82, 2.24) is 15.2 Å². The quantitative estimate of drug-likeness (QED) is 0.717. The van der Waals surface area contributed by atoms with E-state index < -0.39 is 0 Å². The number of amides is 1. The van der Waals surface area contributed by atoms with Crippen LogP contribution in [0.1, 0.15) is 30.4 Å². The van der Waals surface area contributed by atoms with Crippen LogP contribution < -0.4 is 5.32 Å². The molecule has 1 atom stereocenters. The molecule has 1 aliphatic heterocycles. The van der Waals surface area contributed by atoms with E-state index in [2.05, 4.69) is 51.6 Å². The molecule has 4 nitrogen and oxygen atoms in total. The van der Waals surface area contributed by atoms with E-state index in [4.69, 9.17) is 0 Å². The van der Waals surface area contributed by atoms with Gasteiger partial charge in [-0.1, -0.05) is 48.5 Å². The Kier molecular flexibility index (Phi) is 4.80. The van der Waals surface area contributed by atoms with Crippen molar-refractivity contribution in [3.8, 4) is 0 Å². The van der Waals surface area contributed by atoms with Gasteiger partial charge in [-0.2, -0.15) is 0 Å². The zero-order valence-corrected chi connectivity index (χ0v) is 16.7. The number of nitrogens with one attached hydrogen (secondary N) is 1. The standard InChI is InChI=1S/C25H27N3O/c29-24(27-17-19-6-2-1-3-7-19)22-16-25(22)11-14-28(15-12-25)18-20-10-13-26-23-9-5-4-8-21(20)23/h1-10,13,22H,11-12,14-18H2,(H,27,29). The highest BCUT2D eigenvalue weighted by molar-refractivity contribution is 5.83. The zero-order valence-electron chi connectivity index (χ0n) is 16.7. The van der Waals surface area contributed by atoms with Gasteiger partial charge in [0.15, 0.2) is 0 Å². The molecule has 1 amide bonds. The van der Waals surface area contributed by atoms with Gasteiger partial charge in [0.05, 0.1) is 5.52 Å². The van der Waals surface area contributed by atoms with Gasteiger partial charge in [0.25, 0.3) is 0 Å². The Hall–Kier alpha value is -2.72. The Morgan fingerprint density at radius 1 is 1.03 bits per heavy atom. The van der Waals surface area contributed by atoms with Crippen LogP contribution in [0, 0.1) is 11.3 Å². The van der Waals surface area contributed by atoms with E-state index in [-0.39, 0.29) is 17.2 Å². The average Bonchev–Trinajstić information content (AvgIpc) is 3.48. The van der Waals surface area contributed by atoms with E-state index in [0.717, 1.165) is 50.0 Å². The first-order chi connectivity index (χ1) is 14.2. The van der Waals surface area contributed by atoms with Crippen LogP contribution in [0.2, 0.25) is 0 Å². The maximum Gasteiger partial charge on any atom is 0.223 e. The smallest absolute Gasteiger partial charge is 0.223 e. The van der Waals surface area contributed by atoms with E-state index in [9.17, 15) is 4.79 Å². The lowest BCUT2D eigenvalue weighted by molar-refractivity contribution is -0.123. The van der Waals surface area contributed by atoms with Crippen LogP contribution in [0.25, 0.3) is 10.9 Å². The Balaban J connectivity index is 1.15. The fraction of sp³-hybridized carbons (Fsp3) is 0.360. The van der Waals surface area contributed by atoms with Crippen LogP contribution in [-0.4, -0.2) is 28.9 Å². The molecule has 1 saturated heterocycles. The number of hydrogen-bond donors (Lipinski definition) is 1. The SMILES string of the molecule is O=C(NCc1ccccc1)C1CC12CCN(Cc1ccnc3ccccc13)CC2. The summed E-state index contributed by atoms with van der Waals surface area (Å²) >= 11 is 0. The highest BCUT2D eigenvalue weighted by Gasteiger charge is 2.58. The number of pyridine rings is 1. The second-order valence-corrected chi connectivity index (χ2v) is 8.59. The Labute approximate surface area is 171 Å². The monoisotopic (exact) mass is 385 g/mol. The van der Waals surface area contributed by atoms with Gasteiger partial charge in [0.2, 0.25) is 5.91 Å². The average molecular weight is 386 g/mol. The molecule has 0 bridgehead atoms. The normalized spacial score (nSPS) is 20.6. The summed E-state index contributed by atoms with van der Waals surface area (Å²) in [6.45, 7) is 3.73. The predicted octanol–water partition coefficient (Wildman–Crippen LogP) is 4.15. The van der Waals surface area contributed by atoms with Gasteiger partial charge in [-0.3, -0.25) is 14.7 Å². The van der Waals surface area contributed by atoms with Gasteiger partial charge in [0.1, 0.15) is 0 Å². The molecular formula is C25H27N3O. The summed E-state index contributed by atoms with van der Waals surface area (Å²) in [5, 5.41) is 4.39. The number of hydrogen-bond acceptors (Lipinski definition) is 3. The third-order valence-corrected chi connectivity index (χ3v) is 6.80. The van der Waals surface area contributed by atoms with E-state index in [0.29, 0.717) is 6.54 Å². The number of para-hydroxylation sites is 1. The number of likely N-dealkylation sites (tertiary alicyclic amines) is 1. The highest BCUT2D eigenvalue weighted by atomic mass is 16.2. The van der Waals surface area contributed by atoms with E-state index in [1.807, 2.05) is 30.5 Å². The van der Waals surface area contributed by atoms with Crippen molar-refractivity contribution in [2.24, 2.45) is 11.3 Å². The largest absolute Gasteiger partial charge is 0.352 e. The lowest BCUT2D eigenvalue weighted by Crippen LogP contribution is -2.36. The molecule has 3 aromatic rings. The van der Waals surface area contributed by atoms with Gasteiger partial charge in [-0.05, 0) is 61.0 Å². The van der Waals surface area contributed by atoms with E-state index in [1.54, 1.807) is 0 Å². The number of carbonyl (C=O) groups is 1. The molecule has 1 aliphatic carbocycles. The second kappa shape index (κ2) is 7.60. The summed E-state index contributed by atoms with van der Waals surface area (Å²) in [7, 11) is 0. The van der Waals surface area contributed by atoms with Crippen molar-refractivity contribution in [3.63, 3.8) is 0 Å². The number of aromatic nitrogens is 1. The maximum atomic E-state index is 12.6. The van der Waals surface area contributed by atoms with Crippen molar-refractivity contribution in [1.29, 1.82) is 0 Å². The van der Waals surface area contributed by atoms with Crippen molar-refractivity contribution < 1.29 is 4.79 Å². The van der Waals surface area contributed by atoms with Gasteiger partial charge in [-0.15, -0.1) is 0 Å². The van der Waals surface area contributed by atoms with Crippen LogP contribution >= 0.6 is 0 Å². The molecule has 148 valence electrons. The molecule has 1 aromatic heterocycles. The number of carbonyl (C=O) groups excluding carboxylic acids is 1. The molecule has 1 saturated carbocycles. The molecule has 4 heteroatoms. The summed E-state index contributed by atoms with van der Waals surface area (Å²) in [6.07, 6.45) is 5.22. The molecule has 2 fully saturated rings. The molecular weight excluding hydrogens is 358 g/mol. The molecule has 1 N–H and O–H groups in total. The van der Waals surface area contributed by atoms with Crippen molar-refractivity contribution >= 4 is 16.8 Å². The minimum atomic E-state index is 0.204. The minimum Gasteiger partial charge on any atom is -0.352 e. The molecule has 0 radical (unpaired) electrons. The van der Waals surface area contributed by atoms with Crippen LogP contribution in [0.5, 0.6) is 0 Å². The summed E-state index contributed by atoms with van der Waals surface area (Å²) in [5.74, 6) is 0.442. The summed E-state index contributed by atoms with van der Waals surface area (Å²) < 4.78 is 0. The second-order valence-electron chi connectivity index (χ2n) is 8.59. The van der Waals surface area contributed by atoms with Crippen LogP contribution in [0.15, 0.2) is 66.9 Å². The summed E-state index contributed by atoms with van der Waals surface area (Å²) in [5.41, 5.74) is 3.82. The van der Waals surface area contributed by atoms with Crippen molar-refractivity contribution in [2.45, 2.75) is 32.4 Å². The van der Waals surface area contributed by atoms with Gasteiger partial charge < -0.3 is 5.32 Å². The molecule has 29 heavy (non-hydrogen) atoms. The Morgan fingerprint density at radius 2 is 1.79 bits per heavy atom. The third kappa shape index (κ3) is 3.77. The third-order valence-electron chi connectivity index (χ3n) is 6.80. The first-order valence-corrected chi connectivity index (χ1v) is 10.6. The predicted molar refractivity (Wildman–Crippen MR) is 115 cm³/mol. The maximum absolute atomic E-state index is 12.6. The first-order valence-electron chi connectivity index (χ1n) is 10.6. The zero-order chi connectivity index (χ0) is 19.7. The minimum absolute atomic E-state index is 0.204. The number of piperidine rings is 1. The fourth-order valence-electron chi connectivity index (χ4n) is 4.87. The molecule has 2 heterocycles.